The molecule has 1 atom stereocenters. The Kier molecular flexibility index (Phi) is 6.39. The summed E-state index contributed by atoms with van der Waals surface area (Å²) in [5, 5.41) is 12.9. The highest BCUT2D eigenvalue weighted by atomic mass is 32.2. The minimum absolute atomic E-state index is 0.305. The van der Waals surface area contributed by atoms with Gasteiger partial charge in [-0.15, -0.1) is 0 Å². The Labute approximate surface area is 189 Å². The first kappa shape index (κ1) is 21.4. The molecule has 0 saturated heterocycles. The number of hydrogen-bond acceptors (Lipinski definition) is 4. The van der Waals surface area contributed by atoms with E-state index in [1.54, 1.807) is 12.3 Å². The Bertz CT molecular complexity index is 1360. The van der Waals surface area contributed by atoms with Crippen molar-refractivity contribution in [1.29, 1.82) is 5.26 Å². The number of hydrogen-bond donors (Lipinski definition) is 1. The predicted octanol–water partition coefficient (Wildman–Crippen LogP) is 4.48. The molecule has 0 aliphatic carbocycles. The second kappa shape index (κ2) is 9.54. The van der Waals surface area contributed by atoms with Gasteiger partial charge in [0.25, 0.3) is 5.91 Å². The monoisotopic (exact) mass is 439 g/mol. The Balaban J connectivity index is 1.75. The van der Waals surface area contributed by atoms with Crippen LogP contribution in [0.15, 0.2) is 83.8 Å². The van der Waals surface area contributed by atoms with Crippen molar-refractivity contribution in [3.63, 3.8) is 0 Å². The van der Waals surface area contributed by atoms with Crippen molar-refractivity contribution in [2.24, 2.45) is 0 Å². The van der Waals surface area contributed by atoms with Crippen molar-refractivity contribution >= 4 is 27.6 Å². The summed E-state index contributed by atoms with van der Waals surface area (Å²) < 4.78 is 12.8. The van der Waals surface area contributed by atoms with Crippen LogP contribution in [-0.4, -0.2) is 27.9 Å². The maximum absolute atomic E-state index is 13.4. The molecule has 0 aliphatic heterocycles. The SMILES string of the molecule is CS(=O)c1c(-c2ccccc2)nc2ccccc2c1C(=O)NCCc1ccccc1C#N. The number of rotatable bonds is 6. The standard InChI is InChI=1S/C26H21N3O2S/c1-32(31)25-23(26(30)28-16-15-18-9-5-6-12-20(18)17-27)21-13-7-8-14-22(21)29-24(25)19-10-3-2-4-11-19/h2-14H,15-16H2,1H3,(H,28,30). The van der Waals surface area contributed by atoms with E-state index in [0.717, 1.165) is 11.1 Å². The molecule has 32 heavy (non-hydrogen) atoms. The summed E-state index contributed by atoms with van der Waals surface area (Å²) >= 11 is 0. The molecule has 1 unspecified atom stereocenters. The number of pyridine rings is 1. The third kappa shape index (κ3) is 4.29. The van der Waals surface area contributed by atoms with E-state index in [2.05, 4.69) is 11.4 Å². The van der Waals surface area contributed by atoms with Gasteiger partial charge >= 0.3 is 0 Å². The third-order valence-corrected chi connectivity index (χ3v) is 6.20. The zero-order valence-corrected chi connectivity index (χ0v) is 18.4. The molecule has 0 aliphatic rings. The van der Waals surface area contributed by atoms with E-state index in [-0.39, 0.29) is 5.91 Å². The highest BCUT2D eigenvalue weighted by Crippen LogP contribution is 2.32. The zero-order chi connectivity index (χ0) is 22.5. The molecule has 0 spiro atoms. The number of para-hydroxylation sites is 1. The third-order valence-electron chi connectivity index (χ3n) is 5.23. The fraction of sp³-hybridized carbons (Fsp3) is 0.115. The number of nitrogens with zero attached hydrogens (tertiary/aromatic N) is 2. The molecule has 0 radical (unpaired) electrons. The van der Waals surface area contributed by atoms with Crippen LogP contribution in [0.5, 0.6) is 0 Å². The zero-order valence-electron chi connectivity index (χ0n) is 17.5. The Morgan fingerprint density at radius 3 is 2.44 bits per heavy atom. The minimum Gasteiger partial charge on any atom is -0.352 e. The van der Waals surface area contributed by atoms with Crippen molar-refractivity contribution in [2.45, 2.75) is 11.3 Å². The lowest BCUT2D eigenvalue weighted by molar-refractivity contribution is 0.0953. The number of aromatic nitrogens is 1. The van der Waals surface area contributed by atoms with Crippen LogP contribution in [0.1, 0.15) is 21.5 Å². The molecule has 0 fully saturated rings. The van der Waals surface area contributed by atoms with E-state index >= 15 is 0 Å². The highest BCUT2D eigenvalue weighted by Gasteiger charge is 2.23. The second-order valence-corrected chi connectivity index (χ2v) is 8.59. The molecule has 5 nitrogen and oxygen atoms in total. The first-order valence-corrected chi connectivity index (χ1v) is 11.7. The normalized spacial score (nSPS) is 11.6. The first-order valence-electron chi connectivity index (χ1n) is 10.2. The summed E-state index contributed by atoms with van der Waals surface area (Å²) in [5.41, 5.74) is 3.87. The molecule has 4 rings (SSSR count). The first-order chi connectivity index (χ1) is 15.6. The number of nitrogens with one attached hydrogen (secondary N) is 1. The van der Waals surface area contributed by atoms with Crippen LogP contribution in [0.25, 0.3) is 22.2 Å². The van der Waals surface area contributed by atoms with Gasteiger partial charge in [0.15, 0.2) is 0 Å². The maximum Gasteiger partial charge on any atom is 0.253 e. The molecule has 6 heteroatoms. The van der Waals surface area contributed by atoms with Crippen LogP contribution >= 0.6 is 0 Å². The summed E-state index contributed by atoms with van der Waals surface area (Å²) in [7, 11) is -1.44. The molecular weight excluding hydrogens is 418 g/mol. The number of benzene rings is 3. The fourth-order valence-corrected chi connectivity index (χ4v) is 4.66. The van der Waals surface area contributed by atoms with Crippen molar-refractivity contribution in [2.75, 3.05) is 12.8 Å². The van der Waals surface area contributed by atoms with Crippen molar-refractivity contribution < 1.29 is 9.00 Å². The van der Waals surface area contributed by atoms with Gasteiger partial charge in [-0.1, -0.05) is 66.7 Å². The summed E-state index contributed by atoms with van der Waals surface area (Å²) in [5.74, 6) is -0.305. The Hall–Kier alpha value is -3.82. The van der Waals surface area contributed by atoms with Crippen molar-refractivity contribution in [1.82, 2.24) is 10.3 Å². The largest absolute Gasteiger partial charge is 0.352 e. The van der Waals surface area contributed by atoms with Gasteiger partial charge in [-0.25, -0.2) is 4.98 Å². The maximum atomic E-state index is 13.4. The van der Waals surface area contributed by atoms with Gasteiger partial charge in [0.05, 0.1) is 44.1 Å². The fourth-order valence-electron chi connectivity index (χ4n) is 3.74. The Morgan fingerprint density at radius 1 is 1.00 bits per heavy atom. The Morgan fingerprint density at radius 2 is 1.69 bits per heavy atom. The summed E-state index contributed by atoms with van der Waals surface area (Å²) in [6.45, 7) is 0.352. The molecule has 0 bridgehead atoms. The highest BCUT2D eigenvalue weighted by molar-refractivity contribution is 7.84. The van der Waals surface area contributed by atoms with Crippen LogP contribution < -0.4 is 5.32 Å². The van der Waals surface area contributed by atoms with E-state index < -0.39 is 10.8 Å². The lowest BCUT2D eigenvalue weighted by atomic mass is 10.0. The molecule has 4 aromatic rings. The van der Waals surface area contributed by atoms with Crippen LogP contribution in [0.4, 0.5) is 0 Å². The van der Waals surface area contributed by atoms with Gasteiger partial charge in [-0.2, -0.15) is 5.26 Å². The lowest BCUT2D eigenvalue weighted by Crippen LogP contribution is -2.27. The number of carbonyl (C=O) groups excluding carboxylic acids is 1. The number of fused-ring (bicyclic) bond motifs is 1. The smallest absolute Gasteiger partial charge is 0.253 e. The van der Waals surface area contributed by atoms with Gasteiger partial charge in [0, 0.05) is 23.8 Å². The van der Waals surface area contributed by atoms with E-state index in [1.165, 1.54) is 0 Å². The lowest BCUT2D eigenvalue weighted by Gasteiger charge is -2.16. The molecule has 158 valence electrons. The van der Waals surface area contributed by atoms with Gasteiger partial charge < -0.3 is 5.32 Å². The van der Waals surface area contributed by atoms with Crippen LogP contribution in [-0.2, 0) is 17.2 Å². The van der Waals surface area contributed by atoms with Crippen LogP contribution in [0.3, 0.4) is 0 Å². The average Bonchev–Trinajstić information content (AvgIpc) is 2.83. The molecule has 1 amide bonds. The summed E-state index contributed by atoms with van der Waals surface area (Å²) in [4.78, 5) is 18.5. The van der Waals surface area contributed by atoms with Crippen LogP contribution in [0.2, 0.25) is 0 Å². The molecule has 1 N–H and O–H groups in total. The molecule has 0 saturated carbocycles. The predicted molar refractivity (Wildman–Crippen MR) is 127 cm³/mol. The van der Waals surface area contributed by atoms with Gasteiger partial charge in [0.1, 0.15) is 0 Å². The second-order valence-electron chi connectivity index (χ2n) is 7.28. The van der Waals surface area contributed by atoms with Gasteiger partial charge in [0.2, 0.25) is 0 Å². The molecular formula is C26H21N3O2S. The van der Waals surface area contributed by atoms with Crippen molar-refractivity contribution in [3.05, 3.63) is 95.6 Å². The average molecular weight is 440 g/mol. The quantitative estimate of drug-likeness (QED) is 0.480. The summed E-state index contributed by atoms with van der Waals surface area (Å²) in [6, 6.07) is 26.4. The number of carbonyl (C=O) groups is 1. The van der Waals surface area contributed by atoms with Gasteiger partial charge in [-0.05, 0) is 24.1 Å². The van der Waals surface area contributed by atoms with E-state index in [0.29, 0.717) is 45.6 Å². The van der Waals surface area contributed by atoms with Gasteiger partial charge in [-0.3, -0.25) is 9.00 Å². The molecule has 3 aromatic carbocycles. The number of amides is 1. The van der Waals surface area contributed by atoms with Crippen LogP contribution in [0, 0.1) is 11.3 Å². The topological polar surface area (TPSA) is 82.8 Å². The number of nitriles is 1. The van der Waals surface area contributed by atoms with E-state index in [4.69, 9.17) is 4.98 Å². The minimum atomic E-state index is -1.44. The molecule has 1 aromatic heterocycles. The summed E-state index contributed by atoms with van der Waals surface area (Å²) in [6.07, 6.45) is 2.09. The van der Waals surface area contributed by atoms with E-state index in [1.807, 2.05) is 72.8 Å². The van der Waals surface area contributed by atoms with Crippen molar-refractivity contribution in [3.8, 4) is 17.3 Å². The van der Waals surface area contributed by atoms with E-state index in [9.17, 15) is 14.3 Å². The molecule has 1 heterocycles.